The number of ether oxygens (including phenoxy) is 1. The van der Waals surface area contributed by atoms with E-state index in [1.165, 1.54) is 0 Å². The topological polar surface area (TPSA) is 64.3 Å². The Morgan fingerprint density at radius 3 is 2.52 bits per heavy atom. The van der Waals surface area contributed by atoms with E-state index in [9.17, 15) is 4.79 Å². The number of nitrogens with one attached hydrogen (secondary N) is 1. The SMILES string of the molecule is COCc1cccc(CNC(=O)C(C)(N)c2ccc(Br)cc2)c1. The molecule has 5 heteroatoms. The van der Waals surface area contributed by atoms with E-state index in [4.69, 9.17) is 10.5 Å². The normalized spacial score (nSPS) is 13.4. The minimum absolute atomic E-state index is 0.211. The van der Waals surface area contributed by atoms with Crippen molar-refractivity contribution in [2.75, 3.05) is 7.11 Å². The van der Waals surface area contributed by atoms with Crippen LogP contribution < -0.4 is 11.1 Å². The molecule has 2 rings (SSSR count). The van der Waals surface area contributed by atoms with Crippen LogP contribution in [0, 0.1) is 0 Å². The molecule has 4 nitrogen and oxygen atoms in total. The Morgan fingerprint density at radius 2 is 1.87 bits per heavy atom. The van der Waals surface area contributed by atoms with Gasteiger partial charge in [0.2, 0.25) is 5.91 Å². The minimum Gasteiger partial charge on any atom is -0.380 e. The molecular formula is C18H21BrN2O2. The number of hydrogen-bond acceptors (Lipinski definition) is 3. The molecule has 122 valence electrons. The number of carbonyl (C=O) groups is 1. The van der Waals surface area contributed by atoms with Gasteiger partial charge in [-0.3, -0.25) is 4.79 Å². The lowest BCUT2D eigenvalue weighted by Gasteiger charge is -2.24. The minimum atomic E-state index is -1.08. The molecule has 0 radical (unpaired) electrons. The molecule has 1 amide bonds. The summed E-state index contributed by atoms with van der Waals surface area (Å²) in [6.45, 7) is 2.70. The summed E-state index contributed by atoms with van der Waals surface area (Å²) >= 11 is 3.38. The van der Waals surface area contributed by atoms with Crippen molar-refractivity contribution in [1.82, 2.24) is 5.32 Å². The summed E-state index contributed by atoms with van der Waals surface area (Å²) in [5.41, 5.74) is 8.00. The van der Waals surface area contributed by atoms with E-state index >= 15 is 0 Å². The molecule has 1 unspecified atom stereocenters. The van der Waals surface area contributed by atoms with Gasteiger partial charge in [-0.15, -0.1) is 0 Å². The van der Waals surface area contributed by atoms with Gasteiger partial charge in [-0.25, -0.2) is 0 Å². The number of nitrogens with two attached hydrogens (primary N) is 1. The first-order valence-corrected chi connectivity index (χ1v) is 8.13. The Bertz CT molecular complexity index is 669. The third-order valence-electron chi connectivity index (χ3n) is 3.67. The lowest BCUT2D eigenvalue weighted by atomic mass is 9.92. The van der Waals surface area contributed by atoms with Gasteiger partial charge in [0.1, 0.15) is 5.54 Å². The van der Waals surface area contributed by atoms with Crippen molar-refractivity contribution in [2.45, 2.75) is 25.6 Å². The zero-order valence-corrected chi connectivity index (χ0v) is 14.9. The molecule has 2 aromatic carbocycles. The van der Waals surface area contributed by atoms with Gasteiger partial charge in [0, 0.05) is 18.1 Å². The van der Waals surface area contributed by atoms with Crippen molar-refractivity contribution in [3.05, 3.63) is 69.7 Å². The van der Waals surface area contributed by atoms with Crippen LogP contribution in [0.5, 0.6) is 0 Å². The maximum Gasteiger partial charge on any atom is 0.244 e. The average Bonchev–Trinajstić information content (AvgIpc) is 2.53. The number of hydrogen-bond donors (Lipinski definition) is 2. The highest BCUT2D eigenvalue weighted by atomic mass is 79.9. The number of rotatable bonds is 6. The molecule has 1 atom stereocenters. The van der Waals surface area contributed by atoms with Crippen LogP contribution >= 0.6 is 15.9 Å². The Kier molecular flexibility index (Phi) is 5.93. The molecular weight excluding hydrogens is 356 g/mol. The molecule has 0 fully saturated rings. The summed E-state index contributed by atoms with van der Waals surface area (Å²) in [7, 11) is 1.66. The van der Waals surface area contributed by atoms with Gasteiger partial charge >= 0.3 is 0 Å². The second-order valence-electron chi connectivity index (χ2n) is 5.64. The molecule has 0 aliphatic heterocycles. The van der Waals surface area contributed by atoms with Crippen LogP contribution in [-0.4, -0.2) is 13.0 Å². The third-order valence-corrected chi connectivity index (χ3v) is 4.20. The summed E-state index contributed by atoms with van der Waals surface area (Å²) in [6.07, 6.45) is 0. The van der Waals surface area contributed by atoms with Gasteiger partial charge in [-0.1, -0.05) is 52.3 Å². The van der Waals surface area contributed by atoms with Gasteiger partial charge in [0.25, 0.3) is 0 Å². The molecule has 0 bridgehead atoms. The fourth-order valence-corrected chi connectivity index (χ4v) is 2.55. The summed E-state index contributed by atoms with van der Waals surface area (Å²) in [5.74, 6) is -0.211. The number of amides is 1. The van der Waals surface area contributed by atoms with E-state index in [2.05, 4.69) is 21.2 Å². The summed E-state index contributed by atoms with van der Waals surface area (Å²) in [5, 5.41) is 2.91. The van der Waals surface area contributed by atoms with Crippen LogP contribution in [0.2, 0.25) is 0 Å². The maximum absolute atomic E-state index is 12.5. The largest absolute Gasteiger partial charge is 0.380 e. The lowest BCUT2D eigenvalue weighted by Crippen LogP contribution is -2.48. The smallest absolute Gasteiger partial charge is 0.244 e. The fourth-order valence-electron chi connectivity index (χ4n) is 2.29. The standard InChI is InChI=1S/C18H21BrN2O2/c1-18(20,15-6-8-16(19)9-7-15)17(22)21-11-13-4-3-5-14(10-13)12-23-2/h3-10H,11-12,20H2,1-2H3,(H,21,22). The zero-order valence-electron chi connectivity index (χ0n) is 13.3. The Hall–Kier alpha value is -1.69. The van der Waals surface area contributed by atoms with Crippen molar-refractivity contribution in [1.29, 1.82) is 0 Å². The van der Waals surface area contributed by atoms with Crippen molar-refractivity contribution in [3.63, 3.8) is 0 Å². The number of halogens is 1. The van der Waals surface area contributed by atoms with Crippen LogP contribution in [0.25, 0.3) is 0 Å². The predicted molar refractivity (Wildman–Crippen MR) is 94.7 cm³/mol. The first-order chi connectivity index (χ1) is 10.9. The van der Waals surface area contributed by atoms with Gasteiger partial charge in [-0.05, 0) is 35.7 Å². The molecule has 23 heavy (non-hydrogen) atoms. The zero-order chi connectivity index (χ0) is 16.9. The van der Waals surface area contributed by atoms with E-state index in [1.54, 1.807) is 14.0 Å². The molecule has 0 saturated heterocycles. The second kappa shape index (κ2) is 7.73. The highest BCUT2D eigenvalue weighted by Crippen LogP contribution is 2.20. The number of methoxy groups -OCH3 is 1. The highest BCUT2D eigenvalue weighted by Gasteiger charge is 2.30. The van der Waals surface area contributed by atoms with Gasteiger partial charge in [0.05, 0.1) is 6.61 Å². The first kappa shape index (κ1) is 17.7. The van der Waals surface area contributed by atoms with E-state index in [-0.39, 0.29) is 5.91 Å². The summed E-state index contributed by atoms with van der Waals surface area (Å²) < 4.78 is 6.07. The van der Waals surface area contributed by atoms with E-state index < -0.39 is 5.54 Å². The quantitative estimate of drug-likeness (QED) is 0.813. The summed E-state index contributed by atoms with van der Waals surface area (Å²) in [4.78, 5) is 12.5. The van der Waals surface area contributed by atoms with Crippen molar-refractivity contribution in [2.24, 2.45) is 5.73 Å². The Balaban J connectivity index is 2.03. The van der Waals surface area contributed by atoms with Gasteiger partial charge < -0.3 is 15.8 Å². The monoisotopic (exact) mass is 376 g/mol. The molecule has 0 saturated carbocycles. The second-order valence-corrected chi connectivity index (χ2v) is 6.56. The van der Waals surface area contributed by atoms with Crippen LogP contribution in [0.15, 0.2) is 53.0 Å². The third kappa shape index (κ3) is 4.64. The molecule has 0 spiro atoms. The van der Waals surface area contributed by atoms with E-state index in [0.29, 0.717) is 13.2 Å². The van der Waals surface area contributed by atoms with Crippen LogP contribution in [-0.2, 0) is 28.2 Å². The lowest BCUT2D eigenvalue weighted by molar-refractivity contribution is -0.126. The molecule has 0 aliphatic carbocycles. The molecule has 0 heterocycles. The number of benzene rings is 2. The summed E-state index contributed by atoms with van der Waals surface area (Å²) in [6, 6.07) is 15.4. The molecule has 3 N–H and O–H groups in total. The number of carbonyl (C=O) groups excluding carboxylic acids is 1. The first-order valence-electron chi connectivity index (χ1n) is 7.33. The van der Waals surface area contributed by atoms with E-state index in [1.807, 2.05) is 48.5 Å². The fraction of sp³-hybridized carbons (Fsp3) is 0.278. The van der Waals surface area contributed by atoms with Gasteiger partial charge in [0.15, 0.2) is 0 Å². The average molecular weight is 377 g/mol. The van der Waals surface area contributed by atoms with Gasteiger partial charge in [-0.2, -0.15) is 0 Å². The van der Waals surface area contributed by atoms with Crippen LogP contribution in [0.1, 0.15) is 23.6 Å². The van der Waals surface area contributed by atoms with Crippen molar-refractivity contribution < 1.29 is 9.53 Å². The van der Waals surface area contributed by atoms with Crippen molar-refractivity contribution in [3.8, 4) is 0 Å². The van der Waals surface area contributed by atoms with E-state index in [0.717, 1.165) is 21.2 Å². The highest BCUT2D eigenvalue weighted by molar-refractivity contribution is 9.10. The molecule has 2 aromatic rings. The van der Waals surface area contributed by atoms with Crippen molar-refractivity contribution >= 4 is 21.8 Å². The molecule has 0 aromatic heterocycles. The predicted octanol–water partition coefficient (Wildman–Crippen LogP) is 3.09. The Labute approximate surface area is 145 Å². The molecule has 0 aliphatic rings. The van der Waals surface area contributed by atoms with Crippen LogP contribution in [0.4, 0.5) is 0 Å². The van der Waals surface area contributed by atoms with Crippen LogP contribution in [0.3, 0.4) is 0 Å². The Morgan fingerprint density at radius 1 is 1.22 bits per heavy atom. The maximum atomic E-state index is 12.5.